The number of carbonyl (C=O) groups is 3. The van der Waals surface area contributed by atoms with Crippen molar-refractivity contribution in [2.24, 2.45) is 11.7 Å². The van der Waals surface area contributed by atoms with E-state index in [2.05, 4.69) is 20.6 Å². The molecule has 10 heteroatoms. The van der Waals surface area contributed by atoms with E-state index in [9.17, 15) is 19.5 Å². The maximum absolute atomic E-state index is 12.7. The fourth-order valence-electron chi connectivity index (χ4n) is 2.45. The van der Waals surface area contributed by atoms with Crippen molar-refractivity contribution in [2.45, 2.75) is 51.2 Å². The highest BCUT2D eigenvalue weighted by Gasteiger charge is 2.28. The molecule has 0 aliphatic carbocycles. The number of carbonyl (C=O) groups excluding carboxylic acids is 2. The number of nitrogens with zero attached hydrogens (tertiary/aromatic N) is 1. The Morgan fingerprint density at radius 2 is 1.93 bits per heavy atom. The maximum atomic E-state index is 12.7. The molecule has 0 spiro atoms. The van der Waals surface area contributed by atoms with Crippen LogP contribution in [-0.4, -0.2) is 63.0 Å². The average molecular weight is 400 g/mol. The van der Waals surface area contributed by atoms with Gasteiger partial charge in [-0.25, -0.2) is 9.78 Å². The lowest BCUT2D eigenvalue weighted by molar-refractivity contribution is -0.142. The predicted octanol–water partition coefficient (Wildman–Crippen LogP) is 0.133. The van der Waals surface area contributed by atoms with E-state index in [1.807, 2.05) is 20.1 Å². The number of amides is 2. The number of imidazole rings is 1. The molecular weight excluding hydrogens is 370 g/mol. The van der Waals surface area contributed by atoms with Gasteiger partial charge in [0, 0.05) is 18.3 Å². The molecule has 9 nitrogen and oxygen atoms in total. The van der Waals surface area contributed by atoms with Gasteiger partial charge >= 0.3 is 5.97 Å². The van der Waals surface area contributed by atoms with Crippen molar-refractivity contribution in [1.29, 1.82) is 0 Å². The van der Waals surface area contributed by atoms with Gasteiger partial charge in [-0.3, -0.25) is 9.59 Å². The molecule has 1 aromatic heterocycles. The lowest BCUT2D eigenvalue weighted by atomic mass is 10.0. The molecule has 3 atom stereocenters. The van der Waals surface area contributed by atoms with E-state index in [1.165, 1.54) is 6.33 Å². The summed E-state index contributed by atoms with van der Waals surface area (Å²) in [5.74, 6) is -1.31. The summed E-state index contributed by atoms with van der Waals surface area (Å²) in [4.78, 5) is 43.2. The highest BCUT2D eigenvalue weighted by atomic mass is 32.2. The molecule has 1 heterocycles. The standard InChI is InChI=1S/C17H29N5O4S/c1-10(2)6-14(17(25)26)22-16(24)13(7-11-8-19-9-20-11)21-15(23)12(18)4-5-27-3/h8-10,12-14H,4-7,18H2,1-3H3,(H,19,20)(H,21,23)(H,22,24)(H,25,26). The largest absolute Gasteiger partial charge is 0.480 e. The monoisotopic (exact) mass is 399 g/mol. The highest BCUT2D eigenvalue weighted by molar-refractivity contribution is 7.98. The summed E-state index contributed by atoms with van der Waals surface area (Å²) in [7, 11) is 0. The van der Waals surface area contributed by atoms with Crippen LogP contribution >= 0.6 is 11.8 Å². The number of carboxylic acid groups (broad SMARTS) is 1. The van der Waals surface area contributed by atoms with E-state index in [0.717, 1.165) is 5.75 Å². The molecule has 6 N–H and O–H groups in total. The summed E-state index contributed by atoms with van der Waals surface area (Å²) >= 11 is 1.58. The molecule has 0 fully saturated rings. The molecule has 2 amide bonds. The molecular formula is C17H29N5O4S. The van der Waals surface area contributed by atoms with Gasteiger partial charge in [0.1, 0.15) is 12.1 Å². The molecule has 3 unspecified atom stereocenters. The van der Waals surface area contributed by atoms with Gasteiger partial charge in [-0.15, -0.1) is 0 Å². The van der Waals surface area contributed by atoms with Crippen LogP contribution in [0.15, 0.2) is 12.5 Å². The molecule has 0 radical (unpaired) electrons. The first kappa shape index (κ1) is 23.0. The first-order chi connectivity index (χ1) is 12.7. The molecule has 1 aromatic rings. The van der Waals surface area contributed by atoms with Crippen LogP contribution in [0.2, 0.25) is 0 Å². The number of thioether (sulfide) groups is 1. The van der Waals surface area contributed by atoms with Crippen molar-refractivity contribution in [1.82, 2.24) is 20.6 Å². The van der Waals surface area contributed by atoms with Crippen molar-refractivity contribution in [2.75, 3.05) is 12.0 Å². The summed E-state index contributed by atoms with van der Waals surface area (Å²) in [6.07, 6.45) is 5.86. The maximum Gasteiger partial charge on any atom is 0.326 e. The van der Waals surface area contributed by atoms with Gasteiger partial charge in [-0.05, 0) is 30.8 Å². The van der Waals surface area contributed by atoms with Gasteiger partial charge in [-0.2, -0.15) is 11.8 Å². The zero-order valence-electron chi connectivity index (χ0n) is 15.9. The minimum Gasteiger partial charge on any atom is -0.480 e. The summed E-state index contributed by atoms with van der Waals surface area (Å²) in [5, 5.41) is 14.5. The Hall–Kier alpha value is -2.07. The second-order valence-electron chi connectivity index (χ2n) is 6.76. The fraction of sp³-hybridized carbons (Fsp3) is 0.647. The third kappa shape index (κ3) is 8.44. The van der Waals surface area contributed by atoms with Crippen LogP contribution in [0.3, 0.4) is 0 Å². The Bertz CT molecular complexity index is 608. The number of hydrogen-bond donors (Lipinski definition) is 5. The van der Waals surface area contributed by atoms with Crippen LogP contribution in [-0.2, 0) is 20.8 Å². The number of aliphatic carboxylic acids is 1. The number of nitrogens with one attached hydrogen (secondary N) is 3. The Kier molecular flexibility index (Phi) is 9.87. The van der Waals surface area contributed by atoms with Gasteiger partial charge in [-0.1, -0.05) is 13.8 Å². The van der Waals surface area contributed by atoms with Gasteiger partial charge in [0.25, 0.3) is 0 Å². The first-order valence-corrected chi connectivity index (χ1v) is 10.2. The van der Waals surface area contributed by atoms with Crippen LogP contribution in [0.1, 0.15) is 32.4 Å². The predicted molar refractivity (Wildman–Crippen MR) is 104 cm³/mol. The summed E-state index contributed by atoms with van der Waals surface area (Å²) in [6, 6.07) is -2.71. The molecule has 27 heavy (non-hydrogen) atoms. The van der Waals surface area contributed by atoms with Gasteiger partial charge in [0.05, 0.1) is 12.4 Å². The summed E-state index contributed by atoms with van der Waals surface area (Å²) in [5.41, 5.74) is 6.51. The Morgan fingerprint density at radius 3 is 2.44 bits per heavy atom. The smallest absolute Gasteiger partial charge is 0.326 e. The van der Waals surface area contributed by atoms with Crippen molar-refractivity contribution < 1.29 is 19.5 Å². The van der Waals surface area contributed by atoms with E-state index in [4.69, 9.17) is 5.73 Å². The van der Waals surface area contributed by atoms with Crippen LogP contribution in [0.5, 0.6) is 0 Å². The van der Waals surface area contributed by atoms with Gasteiger partial charge in [0.15, 0.2) is 0 Å². The minimum absolute atomic E-state index is 0.0898. The minimum atomic E-state index is -1.11. The molecule has 0 aliphatic heterocycles. The van der Waals surface area contributed by atoms with E-state index in [0.29, 0.717) is 18.5 Å². The third-order valence-corrected chi connectivity index (χ3v) is 4.55. The van der Waals surface area contributed by atoms with Crippen LogP contribution in [0.4, 0.5) is 0 Å². The van der Waals surface area contributed by atoms with Crippen LogP contribution < -0.4 is 16.4 Å². The fourth-order valence-corrected chi connectivity index (χ4v) is 2.94. The Morgan fingerprint density at radius 1 is 1.26 bits per heavy atom. The highest BCUT2D eigenvalue weighted by Crippen LogP contribution is 2.07. The lowest BCUT2D eigenvalue weighted by Gasteiger charge is -2.23. The second kappa shape index (κ2) is 11.6. The number of aromatic amines is 1. The SMILES string of the molecule is CSCCC(N)C(=O)NC(Cc1cnc[nH]1)C(=O)NC(CC(C)C)C(=O)O. The average Bonchev–Trinajstić information content (AvgIpc) is 3.10. The molecule has 0 aromatic carbocycles. The second-order valence-corrected chi connectivity index (χ2v) is 7.74. The number of carboxylic acids is 1. The number of rotatable bonds is 12. The Balaban J connectivity index is 2.84. The normalized spacial score (nSPS) is 14.4. The van der Waals surface area contributed by atoms with Crippen molar-refractivity contribution in [3.8, 4) is 0 Å². The molecule has 0 saturated heterocycles. The zero-order valence-corrected chi connectivity index (χ0v) is 16.7. The Labute approximate surface area is 163 Å². The van der Waals surface area contributed by atoms with Crippen molar-refractivity contribution >= 4 is 29.5 Å². The first-order valence-electron chi connectivity index (χ1n) is 8.79. The summed E-state index contributed by atoms with van der Waals surface area (Å²) in [6.45, 7) is 3.74. The zero-order chi connectivity index (χ0) is 20.4. The number of H-pyrrole nitrogens is 1. The van der Waals surface area contributed by atoms with E-state index >= 15 is 0 Å². The molecule has 0 bridgehead atoms. The van der Waals surface area contributed by atoms with Gasteiger partial charge in [0.2, 0.25) is 11.8 Å². The van der Waals surface area contributed by atoms with Gasteiger partial charge < -0.3 is 26.5 Å². The van der Waals surface area contributed by atoms with E-state index in [1.54, 1.807) is 18.0 Å². The molecule has 152 valence electrons. The van der Waals surface area contributed by atoms with Crippen LogP contribution in [0, 0.1) is 5.92 Å². The molecule has 1 rings (SSSR count). The van der Waals surface area contributed by atoms with E-state index in [-0.39, 0.29) is 12.3 Å². The van der Waals surface area contributed by atoms with E-state index < -0.39 is 35.9 Å². The quantitative estimate of drug-likeness (QED) is 0.335. The third-order valence-electron chi connectivity index (χ3n) is 3.90. The van der Waals surface area contributed by atoms with Crippen molar-refractivity contribution in [3.05, 3.63) is 18.2 Å². The number of hydrogen-bond acceptors (Lipinski definition) is 6. The topological polar surface area (TPSA) is 150 Å². The lowest BCUT2D eigenvalue weighted by Crippen LogP contribution is -2.55. The number of aromatic nitrogens is 2. The van der Waals surface area contributed by atoms with Crippen LogP contribution in [0.25, 0.3) is 0 Å². The van der Waals surface area contributed by atoms with Crippen molar-refractivity contribution in [3.63, 3.8) is 0 Å². The molecule has 0 saturated carbocycles. The summed E-state index contributed by atoms with van der Waals surface area (Å²) < 4.78 is 0. The molecule has 0 aliphatic rings. The number of nitrogens with two attached hydrogens (primary N) is 1.